The van der Waals surface area contributed by atoms with Gasteiger partial charge in [0.1, 0.15) is 10.6 Å². The van der Waals surface area contributed by atoms with Crippen molar-refractivity contribution in [3.63, 3.8) is 0 Å². The highest BCUT2D eigenvalue weighted by Crippen LogP contribution is 2.31. The lowest BCUT2D eigenvalue weighted by molar-refractivity contribution is -0.127. The fourth-order valence-corrected chi connectivity index (χ4v) is 5.10. The van der Waals surface area contributed by atoms with Crippen LogP contribution in [0.5, 0.6) is 0 Å². The molecule has 0 bridgehead atoms. The molecule has 31 heavy (non-hydrogen) atoms. The molecule has 158 valence electrons. The number of thiophene rings is 1. The fourth-order valence-electron chi connectivity index (χ4n) is 3.08. The zero-order valence-corrected chi connectivity index (χ0v) is 18.8. The van der Waals surface area contributed by atoms with Crippen LogP contribution in [0.1, 0.15) is 5.56 Å². The minimum atomic E-state index is -0.334. The maximum atomic E-state index is 13.2. The first-order valence-electron chi connectivity index (χ1n) is 9.29. The maximum absolute atomic E-state index is 13.2. The molecular formula is C22H17ClFN3O2S2. The Morgan fingerprint density at radius 1 is 1.26 bits per heavy atom. The summed E-state index contributed by atoms with van der Waals surface area (Å²) in [5, 5.41) is 3.30. The van der Waals surface area contributed by atoms with E-state index < -0.39 is 0 Å². The Morgan fingerprint density at radius 3 is 2.77 bits per heavy atom. The van der Waals surface area contributed by atoms with E-state index in [9.17, 15) is 14.0 Å². The monoisotopic (exact) mass is 473 g/mol. The lowest BCUT2D eigenvalue weighted by Gasteiger charge is -2.17. The summed E-state index contributed by atoms with van der Waals surface area (Å²) in [5.41, 5.74) is 2.11. The molecule has 0 saturated carbocycles. The van der Waals surface area contributed by atoms with Gasteiger partial charge in [-0.25, -0.2) is 9.37 Å². The lowest BCUT2D eigenvalue weighted by atomic mass is 10.1. The van der Waals surface area contributed by atoms with Gasteiger partial charge >= 0.3 is 0 Å². The number of aromatic nitrogens is 2. The largest absolute Gasteiger partial charge is 0.341 e. The van der Waals surface area contributed by atoms with Crippen molar-refractivity contribution in [1.82, 2.24) is 14.9 Å². The molecule has 9 heteroatoms. The van der Waals surface area contributed by atoms with Gasteiger partial charge in [-0.2, -0.15) is 0 Å². The van der Waals surface area contributed by atoms with Crippen LogP contribution in [0.2, 0.25) is 5.02 Å². The first-order chi connectivity index (χ1) is 14.9. The van der Waals surface area contributed by atoms with E-state index in [1.54, 1.807) is 30.1 Å². The third-order valence-corrected chi connectivity index (χ3v) is 6.61. The van der Waals surface area contributed by atoms with Crippen molar-refractivity contribution in [2.24, 2.45) is 0 Å². The number of carbonyl (C=O) groups is 1. The zero-order chi connectivity index (χ0) is 22.0. The number of halogens is 2. The number of H-pyrrole nitrogens is 1. The van der Waals surface area contributed by atoms with Crippen LogP contribution in [0, 0.1) is 5.82 Å². The molecular weight excluding hydrogens is 457 g/mol. The molecule has 0 atom stereocenters. The quantitative estimate of drug-likeness (QED) is 0.309. The molecule has 0 fully saturated rings. The third-order valence-electron chi connectivity index (χ3n) is 4.64. The second-order valence-electron chi connectivity index (χ2n) is 6.88. The van der Waals surface area contributed by atoms with E-state index >= 15 is 0 Å². The van der Waals surface area contributed by atoms with E-state index in [-0.39, 0.29) is 23.0 Å². The average molecular weight is 474 g/mol. The van der Waals surface area contributed by atoms with Gasteiger partial charge in [-0.05, 0) is 35.4 Å². The summed E-state index contributed by atoms with van der Waals surface area (Å²) in [4.78, 5) is 34.6. The van der Waals surface area contributed by atoms with Crippen molar-refractivity contribution < 1.29 is 9.18 Å². The van der Waals surface area contributed by atoms with Gasteiger partial charge in [-0.3, -0.25) is 9.59 Å². The van der Waals surface area contributed by atoms with Crippen LogP contribution in [0.15, 0.2) is 63.9 Å². The van der Waals surface area contributed by atoms with E-state index in [1.165, 1.54) is 35.2 Å². The molecule has 0 aliphatic rings. The molecule has 0 unspecified atom stereocenters. The number of aromatic amines is 1. The second-order valence-corrected chi connectivity index (χ2v) is 9.13. The summed E-state index contributed by atoms with van der Waals surface area (Å²) in [5.74, 6) is -0.285. The third kappa shape index (κ3) is 4.98. The number of nitrogens with one attached hydrogen (secondary N) is 1. The highest BCUT2D eigenvalue weighted by atomic mass is 35.5. The van der Waals surface area contributed by atoms with Crippen molar-refractivity contribution in [3.05, 3.63) is 80.7 Å². The van der Waals surface area contributed by atoms with Gasteiger partial charge in [0, 0.05) is 29.6 Å². The lowest BCUT2D eigenvalue weighted by Crippen LogP contribution is -2.28. The molecule has 0 radical (unpaired) electrons. The van der Waals surface area contributed by atoms with Gasteiger partial charge in [0.15, 0.2) is 5.16 Å². The molecule has 0 aliphatic heterocycles. The molecule has 0 aliphatic carbocycles. The highest BCUT2D eigenvalue weighted by molar-refractivity contribution is 7.99. The van der Waals surface area contributed by atoms with Gasteiger partial charge in [0.05, 0.1) is 11.1 Å². The Morgan fingerprint density at radius 2 is 2.03 bits per heavy atom. The van der Waals surface area contributed by atoms with E-state index in [4.69, 9.17) is 11.6 Å². The summed E-state index contributed by atoms with van der Waals surface area (Å²) in [6.07, 6.45) is 0. The van der Waals surface area contributed by atoms with Gasteiger partial charge in [-0.15, -0.1) is 11.3 Å². The normalized spacial score (nSPS) is 11.1. The number of hydrogen-bond acceptors (Lipinski definition) is 5. The first kappa shape index (κ1) is 21.5. The standard InChI is InChI=1S/C22H17ClFN3O2S2/c1-27(10-13-3-2-4-15(23)9-13)18(28)12-31-22-25-20(29)19-17(11-30-21(19)26-22)14-5-7-16(24)8-6-14/h2-9,11H,10,12H2,1H3,(H,25,26,29). The predicted octanol–water partition coefficient (Wildman–Crippen LogP) is 5.19. The summed E-state index contributed by atoms with van der Waals surface area (Å²) in [7, 11) is 1.72. The van der Waals surface area contributed by atoms with Crippen molar-refractivity contribution in [1.29, 1.82) is 0 Å². The molecule has 5 nitrogen and oxygen atoms in total. The number of fused-ring (bicyclic) bond motifs is 1. The smallest absolute Gasteiger partial charge is 0.260 e. The van der Waals surface area contributed by atoms with Crippen LogP contribution in [-0.4, -0.2) is 33.6 Å². The molecule has 0 saturated heterocycles. The first-order valence-corrected chi connectivity index (χ1v) is 11.5. The van der Waals surface area contributed by atoms with E-state index in [1.807, 2.05) is 23.6 Å². The number of nitrogens with zero attached hydrogens (tertiary/aromatic N) is 2. The number of thioether (sulfide) groups is 1. The molecule has 2 aromatic carbocycles. The number of carbonyl (C=O) groups excluding carboxylic acids is 1. The van der Waals surface area contributed by atoms with Gasteiger partial charge in [-0.1, -0.05) is 47.6 Å². The Bertz CT molecular complexity index is 1300. The summed E-state index contributed by atoms with van der Waals surface area (Å²) in [6, 6.07) is 13.3. The molecule has 2 aromatic heterocycles. The average Bonchev–Trinajstić information content (AvgIpc) is 3.17. The van der Waals surface area contributed by atoms with Crippen LogP contribution >= 0.6 is 34.7 Å². The minimum absolute atomic E-state index is 0.0918. The Balaban J connectivity index is 1.47. The Labute approximate surface area is 190 Å². The van der Waals surface area contributed by atoms with Gasteiger partial charge < -0.3 is 9.88 Å². The second kappa shape index (κ2) is 9.21. The Hall–Kier alpha value is -2.68. The molecule has 1 N–H and O–H groups in total. The van der Waals surface area contributed by atoms with Crippen LogP contribution in [0.4, 0.5) is 4.39 Å². The van der Waals surface area contributed by atoms with Crippen LogP contribution in [0.25, 0.3) is 21.3 Å². The van der Waals surface area contributed by atoms with Crippen LogP contribution < -0.4 is 5.56 Å². The number of hydrogen-bond donors (Lipinski definition) is 1. The molecule has 2 heterocycles. The molecule has 0 spiro atoms. The number of amides is 1. The molecule has 4 aromatic rings. The van der Waals surface area contributed by atoms with Crippen LogP contribution in [0.3, 0.4) is 0 Å². The van der Waals surface area contributed by atoms with E-state index in [0.717, 1.165) is 11.1 Å². The topological polar surface area (TPSA) is 66.1 Å². The predicted molar refractivity (Wildman–Crippen MR) is 124 cm³/mol. The van der Waals surface area contributed by atoms with Crippen molar-refractivity contribution in [3.8, 4) is 11.1 Å². The SMILES string of the molecule is CN(Cc1cccc(Cl)c1)C(=O)CSc1nc2scc(-c3ccc(F)cc3)c2c(=O)[nH]1. The minimum Gasteiger partial charge on any atom is -0.341 e. The highest BCUT2D eigenvalue weighted by Gasteiger charge is 2.15. The fraction of sp³-hybridized carbons (Fsp3) is 0.136. The van der Waals surface area contributed by atoms with Gasteiger partial charge in [0.2, 0.25) is 5.91 Å². The summed E-state index contributed by atoms with van der Waals surface area (Å²) in [6.45, 7) is 0.439. The van der Waals surface area contributed by atoms with Crippen molar-refractivity contribution in [2.75, 3.05) is 12.8 Å². The molecule has 1 amide bonds. The molecule has 4 rings (SSSR count). The number of rotatable bonds is 6. The zero-order valence-electron chi connectivity index (χ0n) is 16.4. The van der Waals surface area contributed by atoms with Crippen molar-refractivity contribution in [2.45, 2.75) is 11.7 Å². The van der Waals surface area contributed by atoms with Crippen LogP contribution in [-0.2, 0) is 11.3 Å². The maximum Gasteiger partial charge on any atom is 0.260 e. The van der Waals surface area contributed by atoms with Gasteiger partial charge in [0.25, 0.3) is 5.56 Å². The summed E-state index contributed by atoms with van der Waals surface area (Å²) >= 11 is 8.51. The van der Waals surface area contributed by atoms with E-state index in [2.05, 4.69) is 9.97 Å². The number of benzene rings is 2. The Kier molecular flexibility index (Phi) is 6.41. The van der Waals surface area contributed by atoms with Crippen molar-refractivity contribution >= 4 is 50.8 Å². The summed E-state index contributed by atoms with van der Waals surface area (Å²) < 4.78 is 13.2. The van der Waals surface area contributed by atoms with E-state index in [0.29, 0.717) is 32.5 Å².